The predicted molar refractivity (Wildman–Crippen MR) is 71.0 cm³/mol. The van der Waals surface area contributed by atoms with Crippen LogP contribution in [0.4, 0.5) is 4.79 Å². The fourth-order valence-corrected chi connectivity index (χ4v) is 2.45. The summed E-state index contributed by atoms with van der Waals surface area (Å²) in [5.41, 5.74) is 0. The van der Waals surface area contributed by atoms with Gasteiger partial charge in [-0.25, -0.2) is 0 Å². The van der Waals surface area contributed by atoms with E-state index in [9.17, 15) is 4.79 Å². The third kappa shape index (κ3) is 4.74. The van der Waals surface area contributed by atoms with Gasteiger partial charge in [0.15, 0.2) is 0 Å². The van der Waals surface area contributed by atoms with E-state index in [-0.39, 0.29) is 5.24 Å². The molecule has 94 valence electrons. The minimum absolute atomic E-state index is 0.0969. The molecule has 0 aliphatic carbocycles. The monoisotopic (exact) mass is 244 g/mol. The van der Waals surface area contributed by atoms with Gasteiger partial charge in [0.25, 0.3) is 5.24 Å². The van der Waals surface area contributed by atoms with Gasteiger partial charge in [0.1, 0.15) is 0 Å². The summed E-state index contributed by atoms with van der Waals surface area (Å²) in [6.45, 7) is 7.81. The first-order chi connectivity index (χ1) is 7.63. The number of rotatable bonds is 4. The van der Waals surface area contributed by atoms with Crippen LogP contribution >= 0.6 is 11.8 Å². The second-order valence-electron chi connectivity index (χ2n) is 4.78. The average Bonchev–Trinajstić information content (AvgIpc) is 2.29. The van der Waals surface area contributed by atoms with Crippen LogP contribution in [-0.4, -0.2) is 42.1 Å². The summed E-state index contributed by atoms with van der Waals surface area (Å²) >= 11 is 1.26. The maximum Gasteiger partial charge on any atom is 0.278 e. The molecule has 4 heteroatoms. The molecule has 0 atom stereocenters. The molecular weight excluding hydrogens is 220 g/mol. The van der Waals surface area contributed by atoms with Crippen molar-refractivity contribution < 1.29 is 4.79 Å². The number of carbonyl (C=O) groups is 1. The van der Waals surface area contributed by atoms with Crippen LogP contribution in [0.1, 0.15) is 33.1 Å². The lowest BCUT2D eigenvalue weighted by Crippen LogP contribution is -2.39. The summed E-state index contributed by atoms with van der Waals surface area (Å²) in [6, 6.07) is 0.678. The summed E-state index contributed by atoms with van der Waals surface area (Å²) in [6.07, 6.45) is 5.52. The van der Waals surface area contributed by atoms with Gasteiger partial charge < -0.3 is 10.2 Å². The number of thioether (sulfide) groups is 1. The van der Waals surface area contributed by atoms with Crippen LogP contribution in [0.3, 0.4) is 0 Å². The van der Waals surface area contributed by atoms with Gasteiger partial charge in [-0.3, -0.25) is 4.79 Å². The van der Waals surface area contributed by atoms with Crippen LogP contribution < -0.4 is 5.32 Å². The smallest absolute Gasteiger partial charge is 0.278 e. The van der Waals surface area contributed by atoms with Gasteiger partial charge in [0, 0.05) is 12.6 Å². The molecule has 0 aromatic rings. The van der Waals surface area contributed by atoms with Crippen molar-refractivity contribution in [1.82, 2.24) is 10.2 Å². The molecule has 1 N–H and O–H groups in total. The van der Waals surface area contributed by atoms with Crippen molar-refractivity contribution >= 4 is 17.0 Å². The van der Waals surface area contributed by atoms with Crippen LogP contribution in [0.5, 0.6) is 0 Å². The van der Waals surface area contributed by atoms with Crippen molar-refractivity contribution in [3.05, 3.63) is 0 Å². The lowest BCUT2D eigenvalue weighted by Gasteiger charge is -2.34. The normalized spacial score (nSPS) is 19.0. The number of piperidine rings is 1. The zero-order valence-electron chi connectivity index (χ0n) is 10.7. The molecule has 1 heterocycles. The van der Waals surface area contributed by atoms with Crippen molar-refractivity contribution in [2.24, 2.45) is 5.92 Å². The number of nitrogens with one attached hydrogen (secondary N) is 1. The molecule has 3 nitrogen and oxygen atoms in total. The summed E-state index contributed by atoms with van der Waals surface area (Å²) in [4.78, 5) is 13.6. The van der Waals surface area contributed by atoms with Crippen molar-refractivity contribution in [1.29, 1.82) is 0 Å². The van der Waals surface area contributed by atoms with Crippen LogP contribution in [-0.2, 0) is 0 Å². The Kier molecular flexibility index (Phi) is 6.21. The maximum atomic E-state index is 11.0. The molecule has 0 spiro atoms. The zero-order valence-corrected chi connectivity index (χ0v) is 11.5. The van der Waals surface area contributed by atoms with E-state index in [2.05, 4.69) is 24.1 Å². The second kappa shape index (κ2) is 7.17. The molecule has 0 radical (unpaired) electrons. The van der Waals surface area contributed by atoms with Gasteiger partial charge in [-0.1, -0.05) is 11.8 Å². The first-order valence-corrected chi connectivity index (χ1v) is 7.41. The molecule has 1 rings (SSSR count). The lowest BCUT2D eigenvalue weighted by molar-refractivity contribution is 0.146. The molecule has 1 saturated heterocycles. The SMILES string of the molecule is CSC(=O)NCCC1CCN(C(C)C)CC1. The van der Waals surface area contributed by atoms with E-state index >= 15 is 0 Å². The van der Waals surface area contributed by atoms with Crippen LogP contribution in [0.15, 0.2) is 0 Å². The van der Waals surface area contributed by atoms with E-state index in [0.717, 1.165) is 18.9 Å². The number of hydrogen-bond donors (Lipinski definition) is 1. The van der Waals surface area contributed by atoms with Crippen molar-refractivity contribution in [3.8, 4) is 0 Å². The maximum absolute atomic E-state index is 11.0. The summed E-state index contributed by atoms with van der Waals surface area (Å²) < 4.78 is 0. The van der Waals surface area contributed by atoms with Gasteiger partial charge in [0.05, 0.1) is 0 Å². The quantitative estimate of drug-likeness (QED) is 0.825. The first-order valence-electron chi connectivity index (χ1n) is 6.19. The van der Waals surface area contributed by atoms with Crippen LogP contribution in [0.2, 0.25) is 0 Å². The van der Waals surface area contributed by atoms with E-state index in [1.807, 2.05) is 6.26 Å². The number of nitrogens with zero attached hydrogens (tertiary/aromatic N) is 1. The topological polar surface area (TPSA) is 32.3 Å². The molecule has 1 amide bonds. The second-order valence-corrected chi connectivity index (χ2v) is 5.56. The van der Waals surface area contributed by atoms with Crippen LogP contribution in [0, 0.1) is 5.92 Å². The third-order valence-corrected chi connectivity index (χ3v) is 3.90. The minimum atomic E-state index is 0.0969. The van der Waals surface area contributed by atoms with Gasteiger partial charge in [-0.15, -0.1) is 0 Å². The van der Waals surface area contributed by atoms with E-state index in [1.165, 1.54) is 37.7 Å². The molecular formula is C12H24N2OS. The predicted octanol–water partition coefficient (Wildman–Crippen LogP) is 2.57. The molecule has 0 bridgehead atoms. The Morgan fingerprint density at radius 3 is 2.56 bits per heavy atom. The van der Waals surface area contributed by atoms with E-state index < -0.39 is 0 Å². The van der Waals surface area contributed by atoms with E-state index in [0.29, 0.717) is 6.04 Å². The molecule has 0 unspecified atom stereocenters. The summed E-state index contributed by atoms with van der Waals surface area (Å²) in [5, 5.41) is 3.02. The number of carbonyl (C=O) groups excluding carboxylic acids is 1. The van der Waals surface area contributed by atoms with Gasteiger partial charge in [-0.2, -0.15) is 0 Å². The fraction of sp³-hybridized carbons (Fsp3) is 0.917. The highest BCUT2D eigenvalue weighted by atomic mass is 32.2. The number of likely N-dealkylation sites (tertiary alicyclic amines) is 1. The third-order valence-electron chi connectivity index (χ3n) is 3.39. The zero-order chi connectivity index (χ0) is 12.0. The van der Waals surface area contributed by atoms with Gasteiger partial charge in [0.2, 0.25) is 0 Å². The largest absolute Gasteiger partial charge is 0.347 e. The number of hydrogen-bond acceptors (Lipinski definition) is 3. The highest BCUT2D eigenvalue weighted by molar-refractivity contribution is 8.12. The standard InChI is InChI=1S/C12H24N2OS/c1-10(2)14-8-5-11(6-9-14)4-7-13-12(15)16-3/h10-11H,4-9H2,1-3H3,(H,13,15). The molecule has 1 aliphatic heterocycles. The first kappa shape index (κ1) is 13.8. The van der Waals surface area contributed by atoms with E-state index in [4.69, 9.17) is 0 Å². The summed E-state index contributed by atoms with van der Waals surface area (Å²) in [5.74, 6) is 0.803. The highest BCUT2D eigenvalue weighted by Crippen LogP contribution is 2.21. The fourth-order valence-electron chi connectivity index (χ4n) is 2.21. The van der Waals surface area contributed by atoms with Crippen molar-refractivity contribution in [2.45, 2.75) is 39.2 Å². The van der Waals surface area contributed by atoms with Gasteiger partial charge in [-0.05, 0) is 58.4 Å². The molecule has 0 aromatic carbocycles. The Bertz CT molecular complexity index is 213. The molecule has 0 aromatic heterocycles. The average molecular weight is 244 g/mol. The van der Waals surface area contributed by atoms with Gasteiger partial charge >= 0.3 is 0 Å². The minimum Gasteiger partial charge on any atom is -0.347 e. The molecule has 16 heavy (non-hydrogen) atoms. The summed E-state index contributed by atoms with van der Waals surface area (Å²) in [7, 11) is 0. The van der Waals surface area contributed by atoms with E-state index in [1.54, 1.807) is 0 Å². The molecule has 1 aliphatic rings. The van der Waals surface area contributed by atoms with Crippen molar-refractivity contribution in [2.75, 3.05) is 25.9 Å². The number of amides is 1. The lowest BCUT2D eigenvalue weighted by atomic mass is 9.93. The molecule has 1 fully saturated rings. The Morgan fingerprint density at radius 1 is 1.44 bits per heavy atom. The molecule has 0 saturated carbocycles. The van der Waals surface area contributed by atoms with Crippen molar-refractivity contribution in [3.63, 3.8) is 0 Å². The Labute approximate surface area is 103 Å². The Balaban J connectivity index is 2.10. The van der Waals surface area contributed by atoms with Crippen LogP contribution in [0.25, 0.3) is 0 Å². The Hall–Kier alpha value is -0.220. The highest BCUT2D eigenvalue weighted by Gasteiger charge is 2.20. The Morgan fingerprint density at radius 2 is 2.06 bits per heavy atom.